The molecule has 0 saturated carbocycles. The maximum atomic E-state index is 12.7. The van der Waals surface area contributed by atoms with E-state index in [9.17, 15) is 4.79 Å². The molecule has 0 unspecified atom stereocenters. The van der Waals surface area contributed by atoms with Crippen molar-refractivity contribution in [3.63, 3.8) is 0 Å². The Balaban J connectivity index is 1.70. The molecule has 4 nitrogen and oxygen atoms in total. The quantitative estimate of drug-likeness (QED) is 0.155. The van der Waals surface area contributed by atoms with E-state index in [2.05, 4.69) is 61.5 Å². The number of carbonyl (C=O) groups excluding carboxylic acids is 1. The van der Waals surface area contributed by atoms with Crippen LogP contribution < -0.4 is 9.47 Å². The number of thioether (sulfide) groups is 1. The van der Waals surface area contributed by atoms with E-state index >= 15 is 0 Å². The normalized spacial score (nSPS) is 15.0. The van der Waals surface area contributed by atoms with Crippen molar-refractivity contribution in [2.24, 2.45) is 0 Å². The van der Waals surface area contributed by atoms with Gasteiger partial charge in [0, 0.05) is 16.6 Å². The highest BCUT2D eigenvalue weighted by Gasteiger charge is 2.31. The lowest BCUT2D eigenvalue weighted by atomic mass is 10.0. The third kappa shape index (κ3) is 6.03. The molecule has 0 N–H and O–H groups in total. The van der Waals surface area contributed by atoms with Crippen LogP contribution in [0.15, 0.2) is 58.4 Å². The van der Waals surface area contributed by atoms with Crippen molar-refractivity contribution in [2.45, 2.75) is 26.7 Å². The second-order valence-electron chi connectivity index (χ2n) is 7.66. The van der Waals surface area contributed by atoms with Gasteiger partial charge in [0.05, 0.1) is 4.91 Å². The van der Waals surface area contributed by atoms with Crippen LogP contribution in [0.1, 0.15) is 36.5 Å². The van der Waals surface area contributed by atoms with Crippen molar-refractivity contribution < 1.29 is 14.3 Å². The largest absolute Gasteiger partial charge is 0.490 e. The fourth-order valence-electron chi connectivity index (χ4n) is 3.24. The molecule has 1 saturated heterocycles. The van der Waals surface area contributed by atoms with Gasteiger partial charge in [-0.1, -0.05) is 72.0 Å². The lowest BCUT2D eigenvalue weighted by molar-refractivity contribution is -0.121. The molecule has 1 amide bonds. The van der Waals surface area contributed by atoms with Gasteiger partial charge in [-0.2, -0.15) is 0 Å². The van der Waals surface area contributed by atoms with Crippen LogP contribution >= 0.6 is 39.9 Å². The number of hydrogen-bond donors (Lipinski definition) is 0. The highest BCUT2D eigenvalue weighted by molar-refractivity contribution is 9.10. The Bertz CT molecular complexity index is 1070. The predicted octanol–water partition coefficient (Wildman–Crippen LogP) is 6.73. The molecule has 1 aliphatic rings. The zero-order valence-corrected chi connectivity index (χ0v) is 21.6. The van der Waals surface area contributed by atoms with Crippen molar-refractivity contribution >= 4 is 56.2 Å². The Labute approximate surface area is 207 Å². The number of halogens is 1. The molecule has 3 rings (SSSR count). The number of benzene rings is 2. The number of carbonyl (C=O) groups is 1. The zero-order chi connectivity index (χ0) is 23.3. The van der Waals surface area contributed by atoms with E-state index in [-0.39, 0.29) is 5.91 Å². The number of aryl methyl sites for hydroxylation is 1. The van der Waals surface area contributed by atoms with Crippen LogP contribution in [0, 0.1) is 6.92 Å². The summed E-state index contributed by atoms with van der Waals surface area (Å²) < 4.78 is 13.5. The maximum Gasteiger partial charge on any atom is 0.266 e. The Morgan fingerprint density at radius 1 is 1.16 bits per heavy atom. The number of hydrogen-bond acceptors (Lipinski definition) is 5. The van der Waals surface area contributed by atoms with Crippen molar-refractivity contribution in [2.75, 3.05) is 19.8 Å². The third-order valence-electron chi connectivity index (χ3n) is 4.83. The lowest BCUT2D eigenvalue weighted by Crippen LogP contribution is -2.27. The van der Waals surface area contributed by atoms with Crippen molar-refractivity contribution in [1.82, 2.24) is 4.90 Å². The first-order chi connectivity index (χ1) is 15.3. The Morgan fingerprint density at radius 2 is 1.88 bits per heavy atom. The monoisotopic (exact) mass is 531 g/mol. The van der Waals surface area contributed by atoms with Gasteiger partial charge in [0.15, 0.2) is 0 Å². The van der Waals surface area contributed by atoms with Crippen molar-refractivity contribution in [3.05, 3.63) is 75.1 Å². The smallest absolute Gasteiger partial charge is 0.266 e. The molecule has 7 heteroatoms. The molecule has 168 valence electrons. The van der Waals surface area contributed by atoms with E-state index < -0.39 is 0 Å². The molecule has 2 aromatic carbocycles. The van der Waals surface area contributed by atoms with Gasteiger partial charge in [0.1, 0.15) is 29.0 Å². The van der Waals surface area contributed by atoms with Crippen LogP contribution in [-0.2, 0) is 4.79 Å². The van der Waals surface area contributed by atoms with Crippen molar-refractivity contribution in [3.8, 4) is 11.5 Å². The Hall–Kier alpha value is -2.09. The molecular weight excluding hydrogens is 506 g/mol. The number of ether oxygens (including phenoxy) is 2. The number of amides is 1. The lowest BCUT2D eigenvalue weighted by Gasteiger charge is -2.16. The summed E-state index contributed by atoms with van der Waals surface area (Å²) in [6.45, 7) is 11.2. The van der Waals surface area contributed by atoms with Crippen molar-refractivity contribution in [1.29, 1.82) is 0 Å². The van der Waals surface area contributed by atoms with Gasteiger partial charge in [-0.05, 0) is 54.3 Å². The number of nitrogens with zero attached hydrogens (tertiary/aromatic N) is 1. The topological polar surface area (TPSA) is 38.8 Å². The predicted molar refractivity (Wildman–Crippen MR) is 140 cm³/mol. The van der Waals surface area contributed by atoms with Crippen LogP contribution in [0.3, 0.4) is 0 Å². The van der Waals surface area contributed by atoms with Gasteiger partial charge in [0.25, 0.3) is 5.91 Å². The third-order valence-corrected chi connectivity index (χ3v) is 6.70. The molecular formula is C25H26BrNO3S2. The van der Waals surface area contributed by atoms with E-state index in [1.165, 1.54) is 17.3 Å². The summed E-state index contributed by atoms with van der Waals surface area (Å²) in [4.78, 5) is 14.8. The molecule has 1 fully saturated rings. The average Bonchev–Trinajstić information content (AvgIpc) is 3.00. The number of thiocarbonyl (C=S) groups is 1. The minimum absolute atomic E-state index is 0.116. The first kappa shape index (κ1) is 24.6. The summed E-state index contributed by atoms with van der Waals surface area (Å²) in [7, 11) is 0. The highest BCUT2D eigenvalue weighted by Crippen LogP contribution is 2.35. The molecule has 0 radical (unpaired) electrons. The molecule has 0 bridgehead atoms. The molecule has 1 heterocycles. The molecule has 0 aliphatic carbocycles. The van der Waals surface area contributed by atoms with E-state index in [0.29, 0.717) is 40.7 Å². The van der Waals surface area contributed by atoms with Crippen LogP contribution in [0.5, 0.6) is 11.5 Å². The van der Waals surface area contributed by atoms with Gasteiger partial charge < -0.3 is 9.47 Å². The fraction of sp³-hybridized carbons (Fsp3) is 0.280. The molecule has 2 aromatic rings. The molecule has 0 spiro atoms. The standard InChI is InChI=1S/C25H26BrNO3S2/c1-5-10-27-24(28)23(32-25(27)31)15-18-14-19(26)7-9-21(18)29-11-12-30-22-13-17(4)6-8-20(22)16(2)3/h5-9,13-16H,1,10-12H2,2-4H3. The zero-order valence-electron chi connectivity index (χ0n) is 18.4. The summed E-state index contributed by atoms with van der Waals surface area (Å²) in [5, 5.41) is 0. The Morgan fingerprint density at radius 3 is 2.56 bits per heavy atom. The van der Waals surface area contributed by atoms with Crippen LogP contribution in [0.2, 0.25) is 0 Å². The van der Waals surface area contributed by atoms with Gasteiger partial charge >= 0.3 is 0 Å². The van der Waals surface area contributed by atoms with Crippen LogP contribution in [-0.4, -0.2) is 34.9 Å². The van der Waals surface area contributed by atoms with E-state index in [4.69, 9.17) is 21.7 Å². The maximum absolute atomic E-state index is 12.7. The van der Waals surface area contributed by atoms with Gasteiger partial charge in [-0.15, -0.1) is 6.58 Å². The Kier molecular flexibility index (Phi) is 8.57. The first-order valence-electron chi connectivity index (χ1n) is 10.3. The summed E-state index contributed by atoms with van der Waals surface area (Å²) >= 11 is 10.1. The minimum atomic E-state index is -0.116. The fourth-order valence-corrected chi connectivity index (χ4v) is 4.88. The molecule has 32 heavy (non-hydrogen) atoms. The molecule has 1 aliphatic heterocycles. The van der Waals surface area contributed by atoms with E-state index in [0.717, 1.165) is 21.3 Å². The first-order valence-corrected chi connectivity index (χ1v) is 12.3. The van der Waals surface area contributed by atoms with Gasteiger partial charge in [-0.25, -0.2) is 0 Å². The van der Waals surface area contributed by atoms with E-state index in [1.807, 2.05) is 24.3 Å². The summed E-state index contributed by atoms with van der Waals surface area (Å²) in [6.07, 6.45) is 3.49. The SMILES string of the molecule is C=CCN1C(=O)C(=Cc2cc(Br)ccc2OCCOc2cc(C)ccc2C(C)C)SC1=S. The minimum Gasteiger partial charge on any atom is -0.490 e. The molecule has 0 aromatic heterocycles. The highest BCUT2D eigenvalue weighted by atomic mass is 79.9. The van der Waals surface area contributed by atoms with Gasteiger partial charge in [-0.3, -0.25) is 9.69 Å². The molecule has 0 atom stereocenters. The second kappa shape index (κ2) is 11.2. The average molecular weight is 533 g/mol. The van der Waals surface area contributed by atoms with Crippen LogP contribution in [0.25, 0.3) is 6.08 Å². The van der Waals surface area contributed by atoms with Gasteiger partial charge in [0.2, 0.25) is 0 Å². The summed E-state index contributed by atoms with van der Waals surface area (Å²) in [5.41, 5.74) is 3.15. The number of rotatable bonds is 9. The summed E-state index contributed by atoms with van der Waals surface area (Å²) in [5.74, 6) is 1.84. The van der Waals surface area contributed by atoms with Crippen LogP contribution in [0.4, 0.5) is 0 Å². The second-order valence-corrected chi connectivity index (χ2v) is 10.2. The van der Waals surface area contributed by atoms with E-state index in [1.54, 1.807) is 11.0 Å². The summed E-state index contributed by atoms with van der Waals surface area (Å²) in [6, 6.07) is 12.0.